The van der Waals surface area contributed by atoms with Gasteiger partial charge in [-0.3, -0.25) is 0 Å². The van der Waals surface area contributed by atoms with Gasteiger partial charge in [-0.1, -0.05) is 40.2 Å². The Balaban J connectivity index is 1.68. The van der Waals surface area contributed by atoms with Crippen LogP contribution in [-0.2, 0) is 6.54 Å². The quantitative estimate of drug-likeness (QED) is 0.551. The lowest BCUT2D eigenvalue weighted by molar-refractivity contribution is 0.238. The molecule has 1 saturated heterocycles. The van der Waals surface area contributed by atoms with Crippen molar-refractivity contribution in [3.8, 4) is 0 Å². The van der Waals surface area contributed by atoms with Crippen LogP contribution in [0.15, 0.2) is 40.9 Å². The van der Waals surface area contributed by atoms with Crippen LogP contribution in [0, 0.1) is 19.4 Å². The summed E-state index contributed by atoms with van der Waals surface area (Å²) in [6, 6.07) is 11.9. The number of nitrogens with zero attached hydrogens (tertiary/aromatic N) is 4. The smallest absolute Gasteiger partial charge is 0.188 e. The Morgan fingerprint density at radius 3 is 2.83 bits per heavy atom. The first-order valence-corrected chi connectivity index (χ1v) is 10.4. The first kappa shape index (κ1) is 19.6. The molecule has 1 aliphatic rings. The van der Waals surface area contributed by atoms with Gasteiger partial charge >= 0.3 is 0 Å². The Labute approximate surface area is 178 Å². The van der Waals surface area contributed by atoms with Gasteiger partial charge < -0.3 is 15.3 Å². The van der Waals surface area contributed by atoms with E-state index in [2.05, 4.69) is 66.3 Å². The van der Waals surface area contributed by atoms with Crippen molar-refractivity contribution in [2.75, 3.05) is 29.9 Å². The number of hydrogen-bond acceptors (Lipinski definition) is 5. The number of fused-ring (bicyclic) bond motifs is 1. The minimum absolute atomic E-state index is 0.190. The average Bonchev–Trinajstić information content (AvgIpc) is 3.23. The standard InChI is InChI=1S/C22H22BrN5O/c1-14-3-4-15(9-20(14)23)11-25-21-19-10-17(24-2)5-6-18(19)22(27-26-21)28-8-7-16(12-28)13-29/h3-6,9-10,16,29H,7-8,11-13H2,1H3,(H,25,26)/t16-/m0/s1. The lowest BCUT2D eigenvalue weighted by Gasteiger charge is -2.20. The van der Waals surface area contributed by atoms with Crippen LogP contribution in [0.2, 0.25) is 0 Å². The van der Waals surface area contributed by atoms with Crippen LogP contribution in [0.3, 0.4) is 0 Å². The van der Waals surface area contributed by atoms with Gasteiger partial charge in [-0.25, -0.2) is 4.85 Å². The minimum atomic E-state index is 0.190. The molecule has 1 atom stereocenters. The predicted molar refractivity (Wildman–Crippen MR) is 119 cm³/mol. The zero-order valence-corrected chi connectivity index (χ0v) is 17.8. The molecule has 1 fully saturated rings. The van der Waals surface area contributed by atoms with Gasteiger partial charge in [0, 0.05) is 47.4 Å². The largest absolute Gasteiger partial charge is 0.396 e. The van der Waals surface area contributed by atoms with Crippen molar-refractivity contribution in [3.63, 3.8) is 0 Å². The maximum Gasteiger partial charge on any atom is 0.188 e. The molecular weight excluding hydrogens is 430 g/mol. The third-order valence-electron chi connectivity index (χ3n) is 5.41. The maximum absolute atomic E-state index is 9.46. The van der Waals surface area contributed by atoms with E-state index >= 15 is 0 Å². The molecule has 7 heteroatoms. The van der Waals surface area contributed by atoms with Crippen LogP contribution >= 0.6 is 15.9 Å². The number of aryl methyl sites for hydroxylation is 1. The molecule has 0 spiro atoms. The van der Waals surface area contributed by atoms with Crippen LogP contribution in [-0.4, -0.2) is 35.0 Å². The van der Waals surface area contributed by atoms with E-state index < -0.39 is 0 Å². The summed E-state index contributed by atoms with van der Waals surface area (Å²) in [6.07, 6.45) is 0.947. The number of halogens is 1. The molecule has 4 rings (SSSR count). The summed E-state index contributed by atoms with van der Waals surface area (Å²) in [6.45, 7) is 11.9. The van der Waals surface area contributed by atoms with Gasteiger partial charge in [0.05, 0.1) is 6.57 Å². The fraction of sp³-hybridized carbons (Fsp3) is 0.318. The van der Waals surface area contributed by atoms with Crippen molar-refractivity contribution in [1.82, 2.24) is 10.2 Å². The molecule has 6 nitrogen and oxygen atoms in total. The number of hydrogen-bond donors (Lipinski definition) is 2. The molecule has 29 heavy (non-hydrogen) atoms. The summed E-state index contributed by atoms with van der Waals surface area (Å²) >= 11 is 3.58. The summed E-state index contributed by atoms with van der Waals surface area (Å²) in [5, 5.41) is 23.7. The van der Waals surface area contributed by atoms with Crippen molar-refractivity contribution < 1.29 is 5.11 Å². The molecule has 0 unspecified atom stereocenters. The fourth-order valence-electron chi connectivity index (χ4n) is 3.67. The number of aliphatic hydroxyl groups excluding tert-OH is 1. The molecule has 2 N–H and O–H groups in total. The molecule has 0 bridgehead atoms. The number of anilines is 2. The van der Waals surface area contributed by atoms with Crippen molar-refractivity contribution in [3.05, 3.63) is 63.4 Å². The van der Waals surface area contributed by atoms with Crippen LogP contribution in [0.25, 0.3) is 15.6 Å². The van der Waals surface area contributed by atoms with Crippen molar-refractivity contribution in [2.45, 2.75) is 19.9 Å². The zero-order chi connectivity index (χ0) is 20.4. The van der Waals surface area contributed by atoms with E-state index in [9.17, 15) is 5.11 Å². The van der Waals surface area contributed by atoms with E-state index in [4.69, 9.17) is 6.57 Å². The zero-order valence-electron chi connectivity index (χ0n) is 16.2. The van der Waals surface area contributed by atoms with E-state index in [-0.39, 0.29) is 12.5 Å². The molecule has 0 amide bonds. The van der Waals surface area contributed by atoms with Gasteiger partial charge in [0.1, 0.15) is 0 Å². The van der Waals surface area contributed by atoms with E-state index in [1.807, 2.05) is 18.2 Å². The molecule has 2 aromatic carbocycles. The van der Waals surface area contributed by atoms with E-state index in [0.717, 1.165) is 46.1 Å². The third kappa shape index (κ3) is 4.04. The van der Waals surface area contributed by atoms with Crippen molar-refractivity contribution >= 4 is 44.0 Å². The summed E-state index contributed by atoms with van der Waals surface area (Å²) in [5.41, 5.74) is 2.90. The molecule has 1 aromatic heterocycles. The molecule has 0 saturated carbocycles. The first-order chi connectivity index (χ1) is 14.1. The van der Waals surface area contributed by atoms with Gasteiger partial charge in [0.2, 0.25) is 0 Å². The summed E-state index contributed by atoms with van der Waals surface area (Å²) < 4.78 is 1.07. The van der Waals surface area contributed by atoms with Crippen molar-refractivity contribution in [1.29, 1.82) is 0 Å². The number of aliphatic hydroxyl groups is 1. The number of benzene rings is 2. The van der Waals surface area contributed by atoms with Gasteiger partial charge in [-0.2, -0.15) is 0 Å². The SMILES string of the molecule is [C-]#[N+]c1ccc2c(N3CC[C@H](CO)C3)nnc(NCc3ccc(C)c(Br)c3)c2c1. The average molecular weight is 452 g/mol. The Morgan fingerprint density at radius 2 is 2.10 bits per heavy atom. The second kappa shape index (κ2) is 8.36. The molecular formula is C22H22BrN5O. The Bertz CT molecular complexity index is 1090. The molecule has 148 valence electrons. The maximum atomic E-state index is 9.46. The first-order valence-electron chi connectivity index (χ1n) is 9.61. The summed E-state index contributed by atoms with van der Waals surface area (Å²) in [5.74, 6) is 1.76. The lowest BCUT2D eigenvalue weighted by Crippen LogP contribution is -2.22. The molecule has 1 aliphatic heterocycles. The van der Waals surface area contributed by atoms with Gasteiger partial charge in [0.25, 0.3) is 0 Å². The van der Waals surface area contributed by atoms with Gasteiger partial charge in [-0.15, -0.1) is 10.2 Å². The minimum Gasteiger partial charge on any atom is -0.396 e. The van der Waals surface area contributed by atoms with Crippen molar-refractivity contribution in [2.24, 2.45) is 5.92 Å². The molecule has 0 radical (unpaired) electrons. The second-order valence-electron chi connectivity index (χ2n) is 7.43. The molecule has 3 aromatic rings. The predicted octanol–water partition coefficient (Wildman–Crippen LogP) is 4.68. The Morgan fingerprint density at radius 1 is 1.24 bits per heavy atom. The normalized spacial score (nSPS) is 16.2. The van der Waals surface area contributed by atoms with Gasteiger partial charge in [-0.05, 0) is 36.6 Å². The van der Waals surface area contributed by atoms with Crippen LogP contribution in [0.1, 0.15) is 17.5 Å². The highest BCUT2D eigenvalue weighted by molar-refractivity contribution is 9.10. The second-order valence-corrected chi connectivity index (χ2v) is 8.29. The Kier molecular flexibility index (Phi) is 5.65. The van der Waals surface area contributed by atoms with E-state index in [1.54, 1.807) is 0 Å². The monoisotopic (exact) mass is 451 g/mol. The molecule has 0 aliphatic carbocycles. The summed E-state index contributed by atoms with van der Waals surface area (Å²) in [4.78, 5) is 5.75. The third-order valence-corrected chi connectivity index (χ3v) is 6.27. The lowest BCUT2D eigenvalue weighted by atomic mass is 10.1. The number of nitrogens with one attached hydrogen (secondary N) is 1. The topological polar surface area (TPSA) is 65.6 Å². The van der Waals surface area contributed by atoms with E-state index in [0.29, 0.717) is 18.1 Å². The number of rotatable bonds is 5. The van der Waals surface area contributed by atoms with Crippen LogP contribution < -0.4 is 10.2 Å². The van der Waals surface area contributed by atoms with Crippen LogP contribution in [0.4, 0.5) is 17.3 Å². The highest BCUT2D eigenvalue weighted by Crippen LogP contribution is 2.34. The highest BCUT2D eigenvalue weighted by atomic mass is 79.9. The Hall–Kier alpha value is -2.69. The van der Waals surface area contributed by atoms with E-state index in [1.165, 1.54) is 5.56 Å². The number of aromatic nitrogens is 2. The fourth-order valence-corrected chi connectivity index (χ4v) is 4.09. The van der Waals surface area contributed by atoms with Crippen LogP contribution in [0.5, 0.6) is 0 Å². The molecule has 2 heterocycles. The van der Waals surface area contributed by atoms with Gasteiger partial charge in [0.15, 0.2) is 17.3 Å². The highest BCUT2D eigenvalue weighted by Gasteiger charge is 2.25. The summed E-state index contributed by atoms with van der Waals surface area (Å²) in [7, 11) is 0.